The lowest BCUT2D eigenvalue weighted by Gasteiger charge is -2.41. The van der Waals surface area contributed by atoms with Crippen LogP contribution >= 0.6 is 8.60 Å². The topological polar surface area (TPSA) is 49.4 Å². The fourth-order valence-electron chi connectivity index (χ4n) is 5.24. The molecule has 7 heteroatoms. The molecule has 0 N–H and O–H groups in total. The van der Waals surface area contributed by atoms with Gasteiger partial charge in [-0.15, -0.1) is 0 Å². The second-order valence-corrected chi connectivity index (χ2v) is 10.2. The van der Waals surface area contributed by atoms with E-state index in [0.717, 1.165) is 43.1 Å². The number of nitrogens with zero attached hydrogens (tertiary/aromatic N) is 1. The van der Waals surface area contributed by atoms with Crippen LogP contribution in [0.4, 0.5) is 0 Å². The van der Waals surface area contributed by atoms with E-state index < -0.39 is 8.60 Å². The Kier molecular flexibility index (Phi) is 7.35. The molecule has 0 aromatic heterocycles. The largest absolute Gasteiger partial charge is 0.529 e. The highest BCUT2D eigenvalue weighted by Crippen LogP contribution is 2.52. The van der Waals surface area contributed by atoms with Gasteiger partial charge >= 0.3 is 8.60 Å². The molecule has 1 aliphatic heterocycles. The SMILES string of the molecule is COc1ccc(C23CC=C(OP(Oc4ccccc4)Oc4ccccc4)CC2N(C)CC3)cc1OC. The molecule has 188 valence electrons. The monoisotopic (exact) mass is 505 g/mol. The maximum atomic E-state index is 6.43. The second-order valence-electron chi connectivity index (χ2n) is 9.17. The molecule has 2 aliphatic rings. The van der Waals surface area contributed by atoms with E-state index in [-0.39, 0.29) is 5.41 Å². The van der Waals surface area contributed by atoms with E-state index in [1.54, 1.807) is 14.2 Å². The Morgan fingerprint density at radius 3 is 2.06 bits per heavy atom. The first-order valence-electron chi connectivity index (χ1n) is 12.2. The van der Waals surface area contributed by atoms with Crippen molar-refractivity contribution in [1.29, 1.82) is 0 Å². The summed E-state index contributed by atoms with van der Waals surface area (Å²) in [5.74, 6) is 3.85. The fraction of sp³-hybridized carbons (Fsp3) is 0.310. The lowest BCUT2D eigenvalue weighted by atomic mass is 9.68. The molecule has 2 unspecified atom stereocenters. The number of likely N-dealkylation sites (N-methyl/N-ethyl adjacent to an activating group) is 1. The van der Waals surface area contributed by atoms with Crippen LogP contribution in [0.5, 0.6) is 23.0 Å². The Morgan fingerprint density at radius 1 is 0.806 bits per heavy atom. The van der Waals surface area contributed by atoms with Crippen molar-refractivity contribution in [1.82, 2.24) is 4.90 Å². The zero-order valence-electron chi connectivity index (χ0n) is 20.9. The molecule has 1 heterocycles. The van der Waals surface area contributed by atoms with E-state index >= 15 is 0 Å². The van der Waals surface area contributed by atoms with Crippen molar-refractivity contribution in [2.45, 2.75) is 30.7 Å². The molecule has 0 radical (unpaired) electrons. The van der Waals surface area contributed by atoms with Gasteiger partial charge < -0.3 is 27.9 Å². The predicted molar refractivity (Wildman–Crippen MR) is 142 cm³/mol. The maximum absolute atomic E-state index is 6.43. The van der Waals surface area contributed by atoms with E-state index in [2.05, 4.69) is 30.2 Å². The van der Waals surface area contributed by atoms with Crippen LogP contribution in [0, 0.1) is 0 Å². The Morgan fingerprint density at radius 2 is 1.44 bits per heavy atom. The zero-order chi connectivity index (χ0) is 25.0. The van der Waals surface area contributed by atoms with Crippen molar-refractivity contribution in [3.8, 4) is 23.0 Å². The lowest BCUT2D eigenvalue weighted by Crippen LogP contribution is -2.43. The molecule has 2 atom stereocenters. The van der Waals surface area contributed by atoms with Crippen molar-refractivity contribution < 1.29 is 23.0 Å². The summed E-state index contributed by atoms with van der Waals surface area (Å²) in [7, 11) is 3.87. The van der Waals surface area contributed by atoms with Crippen LogP contribution in [0.1, 0.15) is 24.8 Å². The third-order valence-electron chi connectivity index (χ3n) is 7.17. The van der Waals surface area contributed by atoms with Gasteiger partial charge in [0.2, 0.25) is 0 Å². The molecule has 0 spiro atoms. The van der Waals surface area contributed by atoms with E-state index in [0.29, 0.717) is 17.5 Å². The van der Waals surface area contributed by atoms with Crippen molar-refractivity contribution >= 4 is 8.60 Å². The average molecular weight is 506 g/mol. The van der Waals surface area contributed by atoms with E-state index in [1.165, 1.54) is 5.56 Å². The number of ether oxygens (including phenoxy) is 2. The Balaban J connectivity index is 1.40. The Labute approximate surface area is 214 Å². The quantitative estimate of drug-likeness (QED) is 0.301. The summed E-state index contributed by atoms with van der Waals surface area (Å²) in [6.45, 7) is 1.02. The first-order chi connectivity index (χ1) is 17.6. The predicted octanol–water partition coefficient (Wildman–Crippen LogP) is 6.72. The number of benzene rings is 3. The number of hydrogen-bond acceptors (Lipinski definition) is 6. The van der Waals surface area contributed by atoms with Gasteiger partial charge in [-0.25, -0.2) is 0 Å². The molecule has 0 bridgehead atoms. The van der Waals surface area contributed by atoms with E-state index in [1.807, 2.05) is 66.7 Å². The normalized spacial score (nSPS) is 21.4. The summed E-state index contributed by atoms with van der Waals surface area (Å²) in [6.07, 6.45) is 4.93. The van der Waals surface area contributed by atoms with Gasteiger partial charge in [-0.1, -0.05) is 42.5 Å². The highest BCUT2D eigenvalue weighted by atomic mass is 31.2. The molecule has 0 amide bonds. The minimum absolute atomic E-state index is 0.00943. The van der Waals surface area contributed by atoms with Crippen LogP contribution in [0.3, 0.4) is 0 Å². The molecular weight excluding hydrogens is 473 g/mol. The summed E-state index contributed by atoms with van der Waals surface area (Å²) in [4.78, 5) is 2.44. The highest BCUT2D eigenvalue weighted by molar-refractivity contribution is 7.42. The standard InChI is InChI=1S/C29H32NO5P/c1-30-19-18-29(22-14-15-26(31-2)27(20-22)32-3)17-16-25(21-28(29)30)35-36(33-23-10-6-4-7-11-23)34-24-12-8-5-9-13-24/h4-16,20,28H,17-19,21H2,1-3H3. The first kappa shape index (κ1) is 24.5. The van der Waals surface area contributed by atoms with Gasteiger partial charge in [0, 0.05) is 17.9 Å². The van der Waals surface area contributed by atoms with Crippen molar-refractivity contribution in [2.75, 3.05) is 27.8 Å². The summed E-state index contributed by atoms with van der Waals surface area (Å²) >= 11 is 0. The summed E-state index contributed by atoms with van der Waals surface area (Å²) in [6, 6.07) is 25.9. The van der Waals surface area contributed by atoms with E-state index in [9.17, 15) is 0 Å². The van der Waals surface area contributed by atoms with Crippen LogP contribution in [0.15, 0.2) is 90.7 Å². The molecule has 36 heavy (non-hydrogen) atoms. The van der Waals surface area contributed by atoms with Crippen LogP contribution < -0.4 is 18.5 Å². The average Bonchev–Trinajstić information content (AvgIpc) is 3.26. The third kappa shape index (κ3) is 5.02. The van der Waals surface area contributed by atoms with Crippen LogP contribution in [0.25, 0.3) is 0 Å². The Bertz CT molecular complexity index is 1150. The molecule has 1 saturated heterocycles. The maximum Gasteiger partial charge on any atom is 0.529 e. The number of rotatable bonds is 9. The number of hydrogen-bond donors (Lipinski definition) is 0. The smallest absolute Gasteiger partial charge is 0.493 e. The van der Waals surface area contributed by atoms with Crippen LogP contribution in [0.2, 0.25) is 0 Å². The minimum atomic E-state index is -1.68. The van der Waals surface area contributed by atoms with Gasteiger partial charge in [0.15, 0.2) is 11.5 Å². The summed E-state index contributed by atoms with van der Waals surface area (Å²) in [5, 5.41) is 0. The molecule has 6 nitrogen and oxygen atoms in total. The van der Waals surface area contributed by atoms with Crippen LogP contribution in [-0.4, -0.2) is 38.8 Å². The lowest BCUT2D eigenvalue weighted by molar-refractivity contribution is 0.198. The van der Waals surface area contributed by atoms with Gasteiger partial charge in [0.25, 0.3) is 0 Å². The second kappa shape index (κ2) is 10.8. The molecule has 1 fully saturated rings. The Hall–Kier alpha value is -3.21. The van der Waals surface area contributed by atoms with Gasteiger partial charge in [-0.3, -0.25) is 0 Å². The number of para-hydroxylation sites is 2. The first-order valence-corrected chi connectivity index (χ1v) is 13.3. The van der Waals surface area contributed by atoms with Gasteiger partial charge in [0.05, 0.1) is 14.2 Å². The molecule has 3 aromatic rings. The number of fused-ring (bicyclic) bond motifs is 1. The van der Waals surface area contributed by atoms with Gasteiger partial charge in [-0.2, -0.15) is 0 Å². The third-order valence-corrected chi connectivity index (χ3v) is 8.27. The molecular formula is C29H32NO5P. The summed E-state index contributed by atoms with van der Waals surface area (Å²) < 4.78 is 29.8. The van der Waals surface area contributed by atoms with Crippen LogP contribution in [-0.2, 0) is 9.94 Å². The van der Waals surface area contributed by atoms with Gasteiger partial charge in [-0.05, 0) is 74.5 Å². The fourth-order valence-corrected chi connectivity index (χ4v) is 6.28. The van der Waals surface area contributed by atoms with Gasteiger partial charge in [0.1, 0.15) is 17.3 Å². The number of methoxy groups -OCH3 is 2. The molecule has 0 saturated carbocycles. The number of allylic oxidation sites excluding steroid dienone is 1. The minimum Gasteiger partial charge on any atom is -0.493 e. The summed E-state index contributed by atoms with van der Waals surface area (Å²) in [5.41, 5.74) is 1.26. The number of likely N-dealkylation sites (tertiary alicyclic amines) is 1. The van der Waals surface area contributed by atoms with Crippen molar-refractivity contribution in [3.05, 3.63) is 96.3 Å². The zero-order valence-corrected chi connectivity index (χ0v) is 21.8. The highest BCUT2D eigenvalue weighted by Gasteiger charge is 2.49. The molecule has 1 aliphatic carbocycles. The molecule has 3 aromatic carbocycles. The van der Waals surface area contributed by atoms with E-state index in [4.69, 9.17) is 23.0 Å². The van der Waals surface area contributed by atoms with Crippen molar-refractivity contribution in [2.24, 2.45) is 0 Å². The van der Waals surface area contributed by atoms with Crippen molar-refractivity contribution in [3.63, 3.8) is 0 Å². The molecule has 5 rings (SSSR count).